The Morgan fingerprint density at radius 1 is 1.20 bits per heavy atom. The molecule has 2 atom stereocenters. The van der Waals surface area contributed by atoms with E-state index in [2.05, 4.69) is 28.9 Å². The maximum absolute atomic E-state index is 12.5. The summed E-state index contributed by atoms with van der Waals surface area (Å²) in [7, 11) is -1.82. The highest BCUT2D eigenvalue weighted by Gasteiger charge is 2.29. The number of nitrogens with one attached hydrogen (secondary N) is 2. The molecule has 0 amide bonds. The van der Waals surface area contributed by atoms with Crippen LogP contribution >= 0.6 is 0 Å². The molecule has 1 aliphatic carbocycles. The standard InChI is InChI=1S/C14H23N3O2S/c1-10-6-11(2)8-12(7-10)17-20(18,19)14-9-16-5-4-13(14)15-3/h4-5,9-12,17H,6-8H2,1-3H3,(H,15,16). The molecule has 1 aromatic heterocycles. The fourth-order valence-electron chi connectivity index (χ4n) is 3.13. The summed E-state index contributed by atoms with van der Waals surface area (Å²) in [5.41, 5.74) is 0.574. The van der Waals surface area contributed by atoms with Crippen LogP contribution in [0.15, 0.2) is 23.4 Å². The second-order valence-corrected chi connectivity index (χ2v) is 7.54. The largest absolute Gasteiger partial charge is 0.387 e. The first-order chi connectivity index (χ1) is 9.42. The van der Waals surface area contributed by atoms with Crippen molar-refractivity contribution >= 4 is 15.7 Å². The van der Waals surface area contributed by atoms with Gasteiger partial charge in [-0.25, -0.2) is 13.1 Å². The van der Waals surface area contributed by atoms with Crippen molar-refractivity contribution in [1.82, 2.24) is 9.71 Å². The van der Waals surface area contributed by atoms with E-state index in [1.54, 1.807) is 19.3 Å². The van der Waals surface area contributed by atoms with Crippen LogP contribution in [0.1, 0.15) is 33.1 Å². The van der Waals surface area contributed by atoms with Crippen LogP contribution in [0.25, 0.3) is 0 Å². The van der Waals surface area contributed by atoms with Gasteiger partial charge in [0, 0.05) is 25.5 Å². The third kappa shape index (κ3) is 3.49. The van der Waals surface area contributed by atoms with Crippen LogP contribution in [0.4, 0.5) is 5.69 Å². The quantitative estimate of drug-likeness (QED) is 0.894. The Morgan fingerprint density at radius 3 is 2.45 bits per heavy atom. The molecule has 2 N–H and O–H groups in total. The molecule has 6 heteroatoms. The van der Waals surface area contributed by atoms with Crippen molar-refractivity contribution in [3.63, 3.8) is 0 Å². The van der Waals surface area contributed by atoms with Gasteiger partial charge >= 0.3 is 0 Å². The van der Waals surface area contributed by atoms with E-state index in [1.165, 1.54) is 12.6 Å². The fourth-order valence-corrected chi connectivity index (χ4v) is 4.54. The first-order valence-corrected chi connectivity index (χ1v) is 8.54. The minimum Gasteiger partial charge on any atom is -0.387 e. The maximum Gasteiger partial charge on any atom is 0.244 e. The van der Waals surface area contributed by atoms with Gasteiger partial charge in [0.05, 0.1) is 5.69 Å². The Balaban J connectivity index is 2.19. The monoisotopic (exact) mass is 297 g/mol. The van der Waals surface area contributed by atoms with Crippen molar-refractivity contribution in [2.75, 3.05) is 12.4 Å². The number of hydrogen-bond acceptors (Lipinski definition) is 4. The van der Waals surface area contributed by atoms with Gasteiger partial charge in [0.15, 0.2) is 0 Å². The molecule has 0 bridgehead atoms. The lowest BCUT2D eigenvalue weighted by Crippen LogP contribution is -2.40. The van der Waals surface area contributed by atoms with E-state index in [1.807, 2.05) is 0 Å². The highest BCUT2D eigenvalue weighted by Crippen LogP contribution is 2.30. The average Bonchev–Trinajstić information content (AvgIpc) is 2.36. The normalized spacial score (nSPS) is 27.2. The smallest absolute Gasteiger partial charge is 0.244 e. The number of sulfonamides is 1. The molecule has 1 aromatic rings. The number of rotatable bonds is 4. The van der Waals surface area contributed by atoms with Crippen LogP contribution < -0.4 is 10.0 Å². The summed E-state index contributed by atoms with van der Waals surface area (Å²) in [6.45, 7) is 4.36. The molecule has 112 valence electrons. The van der Waals surface area contributed by atoms with E-state index in [-0.39, 0.29) is 10.9 Å². The van der Waals surface area contributed by atoms with Gasteiger partial charge in [-0.2, -0.15) is 0 Å². The summed E-state index contributed by atoms with van der Waals surface area (Å²) >= 11 is 0. The molecule has 2 rings (SSSR count). The summed E-state index contributed by atoms with van der Waals surface area (Å²) in [6.07, 6.45) is 5.95. The third-order valence-corrected chi connectivity index (χ3v) is 5.39. The summed E-state index contributed by atoms with van der Waals surface area (Å²) < 4.78 is 27.8. The number of aromatic nitrogens is 1. The molecule has 1 aliphatic rings. The highest BCUT2D eigenvalue weighted by molar-refractivity contribution is 7.89. The Labute approximate surface area is 121 Å². The lowest BCUT2D eigenvalue weighted by Gasteiger charge is -2.31. The van der Waals surface area contributed by atoms with E-state index in [0.29, 0.717) is 17.5 Å². The molecule has 0 radical (unpaired) electrons. The van der Waals surface area contributed by atoms with E-state index < -0.39 is 10.0 Å². The predicted molar refractivity (Wildman–Crippen MR) is 80.1 cm³/mol. The zero-order chi connectivity index (χ0) is 14.8. The summed E-state index contributed by atoms with van der Waals surface area (Å²) in [5.74, 6) is 1.12. The van der Waals surface area contributed by atoms with Gasteiger partial charge in [0.1, 0.15) is 4.90 Å². The van der Waals surface area contributed by atoms with Gasteiger partial charge in [0.25, 0.3) is 0 Å². The zero-order valence-electron chi connectivity index (χ0n) is 12.3. The van der Waals surface area contributed by atoms with Crippen LogP contribution in [-0.2, 0) is 10.0 Å². The summed E-state index contributed by atoms with van der Waals surface area (Å²) in [4.78, 5) is 4.14. The van der Waals surface area contributed by atoms with Crippen LogP contribution in [0, 0.1) is 11.8 Å². The number of anilines is 1. The van der Waals surface area contributed by atoms with Gasteiger partial charge in [-0.1, -0.05) is 13.8 Å². The van der Waals surface area contributed by atoms with Crippen molar-refractivity contribution in [1.29, 1.82) is 0 Å². The second kappa shape index (κ2) is 6.10. The van der Waals surface area contributed by atoms with E-state index in [9.17, 15) is 8.42 Å². The van der Waals surface area contributed by atoms with Crippen molar-refractivity contribution < 1.29 is 8.42 Å². The van der Waals surface area contributed by atoms with Gasteiger partial charge in [-0.15, -0.1) is 0 Å². The van der Waals surface area contributed by atoms with Gasteiger partial charge in [-0.3, -0.25) is 4.98 Å². The van der Waals surface area contributed by atoms with Crippen LogP contribution in [0.5, 0.6) is 0 Å². The van der Waals surface area contributed by atoms with Crippen LogP contribution in [0.3, 0.4) is 0 Å². The van der Waals surface area contributed by atoms with Crippen molar-refractivity contribution in [2.45, 2.75) is 44.0 Å². The number of nitrogens with zero attached hydrogens (tertiary/aromatic N) is 1. The molecule has 20 heavy (non-hydrogen) atoms. The van der Waals surface area contributed by atoms with Gasteiger partial charge in [0.2, 0.25) is 10.0 Å². The molecule has 1 fully saturated rings. The van der Waals surface area contributed by atoms with Crippen LogP contribution in [-0.4, -0.2) is 26.5 Å². The third-order valence-electron chi connectivity index (χ3n) is 3.84. The fraction of sp³-hybridized carbons (Fsp3) is 0.643. The number of pyridine rings is 1. The van der Waals surface area contributed by atoms with Crippen LogP contribution in [0.2, 0.25) is 0 Å². The topological polar surface area (TPSA) is 71.1 Å². The van der Waals surface area contributed by atoms with Crippen molar-refractivity contribution in [3.8, 4) is 0 Å². The minimum absolute atomic E-state index is 0.0173. The molecule has 0 aliphatic heterocycles. The molecule has 1 heterocycles. The van der Waals surface area contributed by atoms with Crippen molar-refractivity contribution in [2.24, 2.45) is 11.8 Å². The highest BCUT2D eigenvalue weighted by atomic mass is 32.2. The van der Waals surface area contributed by atoms with E-state index >= 15 is 0 Å². The Kier molecular flexibility index (Phi) is 4.65. The van der Waals surface area contributed by atoms with Crippen molar-refractivity contribution in [3.05, 3.63) is 18.5 Å². The molecule has 5 nitrogen and oxygen atoms in total. The van der Waals surface area contributed by atoms with E-state index in [0.717, 1.165) is 12.8 Å². The lowest BCUT2D eigenvalue weighted by molar-refractivity contribution is 0.257. The zero-order valence-corrected chi connectivity index (χ0v) is 13.1. The van der Waals surface area contributed by atoms with E-state index in [4.69, 9.17) is 0 Å². The second-order valence-electron chi connectivity index (χ2n) is 5.86. The summed E-state index contributed by atoms with van der Waals surface area (Å²) in [5, 5.41) is 2.90. The molecular weight excluding hydrogens is 274 g/mol. The minimum atomic E-state index is -3.52. The first-order valence-electron chi connectivity index (χ1n) is 7.06. The summed E-state index contributed by atoms with van der Waals surface area (Å²) in [6, 6.07) is 1.68. The molecule has 1 saturated carbocycles. The molecular formula is C14H23N3O2S. The Hall–Kier alpha value is -1.14. The number of hydrogen-bond donors (Lipinski definition) is 2. The first kappa shape index (κ1) is 15.3. The SMILES string of the molecule is CNc1ccncc1S(=O)(=O)NC1CC(C)CC(C)C1. The Bertz CT molecular complexity index is 549. The maximum atomic E-state index is 12.5. The van der Waals surface area contributed by atoms with Gasteiger partial charge < -0.3 is 5.32 Å². The predicted octanol–water partition coefficient (Wildman–Crippen LogP) is 2.23. The van der Waals surface area contributed by atoms with Gasteiger partial charge in [-0.05, 0) is 37.2 Å². The molecule has 0 spiro atoms. The average molecular weight is 297 g/mol. The molecule has 0 aromatic carbocycles. The molecule has 0 saturated heterocycles. The Morgan fingerprint density at radius 2 is 1.85 bits per heavy atom. The molecule has 2 unspecified atom stereocenters. The lowest BCUT2D eigenvalue weighted by atomic mass is 9.81.